The van der Waals surface area contributed by atoms with E-state index in [0.29, 0.717) is 12.5 Å². The molecule has 0 aliphatic rings. The molecular weight excluding hydrogens is 404 g/mol. The molecule has 1 N–H and O–H groups in total. The van der Waals surface area contributed by atoms with E-state index in [-0.39, 0.29) is 11.7 Å². The number of carbonyl (C=O) groups is 1. The summed E-state index contributed by atoms with van der Waals surface area (Å²) in [6.07, 6.45) is 0. The summed E-state index contributed by atoms with van der Waals surface area (Å²) in [4.78, 5) is 13.7. The van der Waals surface area contributed by atoms with Crippen LogP contribution in [0.25, 0.3) is 11.4 Å². The highest BCUT2D eigenvalue weighted by molar-refractivity contribution is 7.99. The first-order chi connectivity index (χ1) is 14.0. The van der Waals surface area contributed by atoms with Gasteiger partial charge in [-0.2, -0.15) is 0 Å². The Hall–Kier alpha value is -2.32. The van der Waals surface area contributed by atoms with Crippen LogP contribution >= 0.6 is 23.1 Å². The molecule has 3 aromatic rings. The maximum atomic E-state index is 12.3. The molecule has 2 aromatic heterocycles. The smallest absolute Gasteiger partial charge is 0.234 e. The quantitative estimate of drug-likeness (QED) is 0.468. The Balaban J connectivity index is 1.62. The van der Waals surface area contributed by atoms with Crippen molar-refractivity contribution in [3.63, 3.8) is 0 Å². The fourth-order valence-electron chi connectivity index (χ4n) is 2.80. The molecule has 8 heteroatoms. The summed E-state index contributed by atoms with van der Waals surface area (Å²) in [6, 6.07) is 9.54. The third-order valence-corrected chi connectivity index (χ3v) is 6.46. The van der Waals surface area contributed by atoms with Crippen LogP contribution in [0.2, 0.25) is 0 Å². The lowest BCUT2D eigenvalue weighted by Crippen LogP contribution is -2.14. The Labute approximate surface area is 179 Å². The highest BCUT2D eigenvalue weighted by atomic mass is 32.2. The van der Waals surface area contributed by atoms with Crippen molar-refractivity contribution < 1.29 is 9.53 Å². The van der Waals surface area contributed by atoms with Crippen LogP contribution in [-0.4, -0.2) is 33.0 Å². The zero-order chi connectivity index (χ0) is 20.8. The van der Waals surface area contributed by atoms with E-state index in [2.05, 4.69) is 52.3 Å². The van der Waals surface area contributed by atoms with Gasteiger partial charge in [0.1, 0.15) is 5.75 Å². The first kappa shape index (κ1) is 21.4. The first-order valence-corrected chi connectivity index (χ1v) is 11.6. The molecule has 1 amide bonds. The molecule has 0 bridgehead atoms. The average Bonchev–Trinajstić information content (AvgIpc) is 3.34. The minimum absolute atomic E-state index is 0.0796. The van der Waals surface area contributed by atoms with Crippen LogP contribution in [-0.2, 0) is 11.3 Å². The number of anilines is 1. The number of rotatable bonds is 9. The minimum atomic E-state index is -0.0796. The van der Waals surface area contributed by atoms with Gasteiger partial charge in [-0.05, 0) is 50.1 Å². The van der Waals surface area contributed by atoms with Crippen molar-refractivity contribution in [3.8, 4) is 17.1 Å². The number of nitrogens with one attached hydrogen (secondary N) is 1. The van der Waals surface area contributed by atoms with Crippen molar-refractivity contribution >= 4 is 34.7 Å². The van der Waals surface area contributed by atoms with Gasteiger partial charge in [-0.3, -0.25) is 4.79 Å². The summed E-state index contributed by atoms with van der Waals surface area (Å²) in [5.74, 6) is 2.32. The number of amides is 1. The summed E-state index contributed by atoms with van der Waals surface area (Å²) in [6.45, 7) is 9.74. The van der Waals surface area contributed by atoms with Gasteiger partial charge in [-0.1, -0.05) is 25.6 Å². The van der Waals surface area contributed by atoms with Crippen molar-refractivity contribution in [2.75, 3.05) is 17.7 Å². The van der Waals surface area contributed by atoms with E-state index in [0.717, 1.165) is 34.5 Å². The van der Waals surface area contributed by atoms with Crippen LogP contribution < -0.4 is 10.1 Å². The second-order valence-corrected chi connectivity index (χ2v) is 8.62. The summed E-state index contributed by atoms with van der Waals surface area (Å²) in [7, 11) is 0. The highest BCUT2D eigenvalue weighted by Crippen LogP contribution is 2.31. The second kappa shape index (κ2) is 9.93. The van der Waals surface area contributed by atoms with Crippen LogP contribution in [0.1, 0.15) is 38.5 Å². The molecule has 0 spiro atoms. The summed E-state index contributed by atoms with van der Waals surface area (Å²) >= 11 is 3.14. The molecule has 1 aromatic carbocycles. The minimum Gasteiger partial charge on any atom is -0.494 e. The van der Waals surface area contributed by atoms with Crippen LogP contribution in [0.3, 0.4) is 0 Å². The van der Waals surface area contributed by atoms with Gasteiger partial charge in [0.15, 0.2) is 11.0 Å². The van der Waals surface area contributed by atoms with E-state index in [9.17, 15) is 4.79 Å². The van der Waals surface area contributed by atoms with Crippen molar-refractivity contribution in [2.45, 2.75) is 45.3 Å². The first-order valence-electron chi connectivity index (χ1n) is 9.69. The van der Waals surface area contributed by atoms with Crippen LogP contribution in [0.5, 0.6) is 5.75 Å². The fourth-order valence-corrected chi connectivity index (χ4v) is 4.50. The lowest BCUT2D eigenvalue weighted by molar-refractivity contribution is -0.113. The van der Waals surface area contributed by atoms with Gasteiger partial charge in [0.05, 0.1) is 12.4 Å². The van der Waals surface area contributed by atoms with Gasteiger partial charge in [-0.15, -0.1) is 21.5 Å². The Morgan fingerprint density at radius 2 is 2.00 bits per heavy atom. The van der Waals surface area contributed by atoms with Crippen molar-refractivity contribution in [1.82, 2.24) is 14.8 Å². The third-order valence-electron chi connectivity index (χ3n) is 4.26. The standard InChI is InChI=1S/C21H26N4O2S2/c1-5-25-20(15-11-18(14(3)4)28-12-15)23-24-21(25)29-13-19(26)22-16-7-9-17(10-8-16)27-6-2/h7-12,14H,5-6,13H2,1-4H3,(H,22,26). The lowest BCUT2D eigenvalue weighted by atomic mass is 10.1. The maximum Gasteiger partial charge on any atom is 0.234 e. The zero-order valence-electron chi connectivity index (χ0n) is 17.1. The molecule has 0 saturated heterocycles. The Kier molecular flexibility index (Phi) is 7.33. The number of nitrogens with zero attached hydrogens (tertiary/aromatic N) is 3. The molecule has 0 unspecified atom stereocenters. The van der Waals surface area contributed by atoms with E-state index in [4.69, 9.17) is 4.74 Å². The molecule has 0 aliphatic heterocycles. The van der Waals surface area contributed by atoms with Crippen molar-refractivity contribution in [2.24, 2.45) is 0 Å². The normalized spacial score (nSPS) is 11.1. The molecular formula is C21H26N4O2S2. The highest BCUT2D eigenvalue weighted by Gasteiger charge is 2.16. The van der Waals surface area contributed by atoms with Crippen LogP contribution in [0, 0.1) is 0 Å². The third kappa shape index (κ3) is 5.39. The van der Waals surface area contributed by atoms with Gasteiger partial charge in [-0.25, -0.2) is 0 Å². The number of benzene rings is 1. The second-order valence-electron chi connectivity index (χ2n) is 6.74. The molecule has 0 atom stereocenters. The molecule has 0 aliphatic carbocycles. The Morgan fingerprint density at radius 1 is 1.24 bits per heavy atom. The monoisotopic (exact) mass is 430 g/mol. The van der Waals surface area contributed by atoms with Crippen LogP contribution in [0.15, 0.2) is 40.9 Å². The van der Waals surface area contributed by atoms with Crippen molar-refractivity contribution in [1.29, 1.82) is 0 Å². The van der Waals surface area contributed by atoms with E-state index >= 15 is 0 Å². The number of hydrogen-bond donors (Lipinski definition) is 1. The lowest BCUT2D eigenvalue weighted by Gasteiger charge is -2.08. The number of ether oxygens (including phenoxy) is 1. The molecule has 0 radical (unpaired) electrons. The predicted molar refractivity (Wildman–Crippen MR) is 120 cm³/mol. The summed E-state index contributed by atoms with van der Waals surface area (Å²) < 4.78 is 7.47. The topological polar surface area (TPSA) is 69.0 Å². The van der Waals surface area contributed by atoms with E-state index in [1.165, 1.54) is 16.6 Å². The van der Waals surface area contributed by atoms with Gasteiger partial charge in [0, 0.05) is 28.1 Å². The van der Waals surface area contributed by atoms with E-state index in [1.54, 1.807) is 11.3 Å². The van der Waals surface area contributed by atoms with E-state index < -0.39 is 0 Å². The zero-order valence-corrected chi connectivity index (χ0v) is 18.8. The SMILES string of the molecule is CCOc1ccc(NC(=O)CSc2nnc(-c3csc(C(C)C)c3)n2CC)cc1. The summed E-state index contributed by atoms with van der Waals surface area (Å²) in [5, 5.41) is 14.5. The van der Waals surface area contributed by atoms with Crippen LogP contribution in [0.4, 0.5) is 5.69 Å². The van der Waals surface area contributed by atoms with Gasteiger partial charge in [0.2, 0.25) is 5.91 Å². The molecule has 29 heavy (non-hydrogen) atoms. The Morgan fingerprint density at radius 3 is 2.62 bits per heavy atom. The van der Waals surface area contributed by atoms with E-state index in [1.807, 2.05) is 31.2 Å². The Bertz CT molecular complexity index is 948. The number of thioether (sulfide) groups is 1. The molecule has 6 nitrogen and oxygen atoms in total. The van der Waals surface area contributed by atoms with Crippen molar-refractivity contribution in [3.05, 3.63) is 40.6 Å². The largest absolute Gasteiger partial charge is 0.494 e. The van der Waals surface area contributed by atoms with Gasteiger partial charge >= 0.3 is 0 Å². The maximum absolute atomic E-state index is 12.3. The van der Waals surface area contributed by atoms with Gasteiger partial charge in [0.25, 0.3) is 0 Å². The summed E-state index contributed by atoms with van der Waals surface area (Å²) in [5.41, 5.74) is 1.83. The molecule has 154 valence electrons. The number of thiophene rings is 1. The molecule has 2 heterocycles. The number of hydrogen-bond acceptors (Lipinski definition) is 6. The molecule has 0 saturated carbocycles. The van der Waals surface area contributed by atoms with Gasteiger partial charge < -0.3 is 14.6 Å². The predicted octanol–water partition coefficient (Wildman–Crippen LogP) is 5.28. The molecule has 3 rings (SSSR count). The number of aromatic nitrogens is 3. The fraction of sp³-hybridized carbons (Fsp3) is 0.381. The average molecular weight is 431 g/mol. The number of carbonyl (C=O) groups excluding carboxylic acids is 1. The molecule has 0 fully saturated rings.